The molecule has 240 valence electrons. The maximum Gasteiger partial charge on any atom is 0.336 e. The first-order chi connectivity index (χ1) is 23.5. The van der Waals surface area contributed by atoms with E-state index < -0.39 is 11.9 Å². The second-order valence-corrected chi connectivity index (χ2v) is 12.7. The molecule has 0 aliphatic rings. The van der Waals surface area contributed by atoms with Gasteiger partial charge < -0.3 is 10.2 Å². The van der Waals surface area contributed by atoms with Gasteiger partial charge in [-0.05, 0) is 110 Å². The summed E-state index contributed by atoms with van der Waals surface area (Å²) in [5.74, 6) is -2.98. The third-order valence-corrected chi connectivity index (χ3v) is 9.36. The molecule has 7 aromatic rings. The normalized spacial score (nSPS) is 11.4. The number of carbonyl (C=O) groups is 4. The quantitative estimate of drug-likeness (QED) is 0.126. The van der Waals surface area contributed by atoms with Crippen molar-refractivity contribution in [1.82, 2.24) is 0 Å². The number of carboxylic acids is 2. The van der Waals surface area contributed by atoms with Gasteiger partial charge in [-0.25, -0.2) is 9.59 Å². The number of hydrogen-bond donors (Lipinski definition) is 2. The maximum absolute atomic E-state index is 13.9. The summed E-state index contributed by atoms with van der Waals surface area (Å²) in [6.45, 7) is 5.66. The molecule has 0 atom stereocenters. The van der Waals surface area contributed by atoms with E-state index in [-0.39, 0.29) is 46.7 Å². The van der Waals surface area contributed by atoms with Crippen LogP contribution < -0.4 is 0 Å². The van der Waals surface area contributed by atoms with Gasteiger partial charge in [0.25, 0.3) is 0 Å². The van der Waals surface area contributed by atoms with E-state index in [1.54, 1.807) is 31.2 Å². The average molecular weight is 645 g/mol. The molecule has 0 saturated carbocycles. The molecular formula is C43H32O6. The van der Waals surface area contributed by atoms with E-state index in [1.165, 1.54) is 0 Å². The third kappa shape index (κ3) is 5.51. The van der Waals surface area contributed by atoms with Crippen molar-refractivity contribution in [3.8, 4) is 11.1 Å². The van der Waals surface area contributed by atoms with Gasteiger partial charge in [0.15, 0.2) is 11.6 Å². The Morgan fingerprint density at radius 1 is 0.490 bits per heavy atom. The first-order valence-electron chi connectivity index (χ1n) is 16.1. The number of carboxylic acid groups (broad SMARTS) is 2. The minimum Gasteiger partial charge on any atom is -0.478 e. The monoisotopic (exact) mass is 644 g/mol. The van der Waals surface area contributed by atoms with Crippen LogP contribution in [0.5, 0.6) is 0 Å². The van der Waals surface area contributed by atoms with E-state index in [0.717, 1.165) is 49.4 Å². The molecule has 0 unspecified atom stereocenters. The van der Waals surface area contributed by atoms with Gasteiger partial charge in [-0.3, -0.25) is 9.59 Å². The van der Waals surface area contributed by atoms with Crippen LogP contribution in [0.15, 0.2) is 103 Å². The molecule has 7 aromatic carbocycles. The lowest BCUT2D eigenvalue weighted by molar-refractivity contribution is 0.0683. The fourth-order valence-corrected chi connectivity index (χ4v) is 6.94. The Hall–Kier alpha value is -6.14. The number of aryl methyl sites for hydroxylation is 2. The molecule has 0 saturated heterocycles. The number of benzene rings is 7. The molecule has 6 nitrogen and oxygen atoms in total. The lowest BCUT2D eigenvalue weighted by Gasteiger charge is -2.20. The van der Waals surface area contributed by atoms with Crippen LogP contribution >= 0.6 is 0 Å². The molecule has 7 rings (SSSR count). The van der Waals surface area contributed by atoms with Crippen LogP contribution in [0.25, 0.3) is 54.2 Å². The molecule has 0 fully saturated rings. The summed E-state index contributed by atoms with van der Waals surface area (Å²) in [6.07, 6.45) is 0.168. The molecule has 0 aromatic heterocycles. The van der Waals surface area contributed by atoms with E-state index in [4.69, 9.17) is 0 Å². The van der Waals surface area contributed by atoms with Crippen LogP contribution in [-0.2, 0) is 6.42 Å². The van der Waals surface area contributed by atoms with Gasteiger partial charge in [-0.2, -0.15) is 0 Å². The number of Topliss-reactive ketones (excluding diaryl/α,β-unsaturated/α-hetero) is 2. The molecule has 0 spiro atoms. The predicted molar refractivity (Wildman–Crippen MR) is 194 cm³/mol. The lowest BCUT2D eigenvalue weighted by atomic mass is 9.83. The highest BCUT2D eigenvalue weighted by molar-refractivity contribution is 6.26. The molecule has 0 radical (unpaired) electrons. The van der Waals surface area contributed by atoms with Gasteiger partial charge in [0.2, 0.25) is 0 Å². The summed E-state index contributed by atoms with van der Waals surface area (Å²) in [5.41, 5.74) is 4.50. The van der Waals surface area contributed by atoms with E-state index in [0.29, 0.717) is 21.5 Å². The first-order valence-corrected chi connectivity index (χ1v) is 16.1. The van der Waals surface area contributed by atoms with Crippen molar-refractivity contribution in [1.29, 1.82) is 0 Å². The molecule has 0 amide bonds. The molecule has 49 heavy (non-hydrogen) atoms. The summed E-state index contributed by atoms with van der Waals surface area (Å²) in [4.78, 5) is 52.2. The molecule has 0 bridgehead atoms. The van der Waals surface area contributed by atoms with Gasteiger partial charge in [-0.15, -0.1) is 0 Å². The minimum atomic E-state index is -1.19. The predicted octanol–water partition coefficient (Wildman–Crippen LogP) is 10.00. The first kappa shape index (κ1) is 31.5. The van der Waals surface area contributed by atoms with Crippen molar-refractivity contribution in [2.24, 2.45) is 0 Å². The molecular weight excluding hydrogens is 612 g/mol. The van der Waals surface area contributed by atoms with Crippen molar-refractivity contribution >= 4 is 66.6 Å². The summed E-state index contributed by atoms with van der Waals surface area (Å²) in [6, 6.07) is 31.8. The lowest BCUT2D eigenvalue weighted by Crippen LogP contribution is -2.11. The van der Waals surface area contributed by atoms with Gasteiger partial charge in [0, 0.05) is 24.0 Å². The fraction of sp³-hybridized carbons (Fsp3) is 0.116. The summed E-state index contributed by atoms with van der Waals surface area (Å²) < 4.78 is 0. The third-order valence-electron chi connectivity index (χ3n) is 9.36. The standard InChI is InChI=1S/C43H32O6/c1-4-38(44)34-21-32-28(19-36(34)42(46)47)17-26-7-5-6-8-30(26)40(32)41-31-14-11-24(3)15-27(31)18-29-20-37(43(48)49)35(22-33(29)41)39(45)16-25-12-9-23(2)10-13-25/h5-15,17-22H,4,16H2,1-3H3,(H,46,47)(H,48,49). The average Bonchev–Trinajstić information content (AvgIpc) is 3.09. The Morgan fingerprint density at radius 3 is 1.59 bits per heavy atom. The molecule has 0 aliphatic carbocycles. The summed E-state index contributed by atoms with van der Waals surface area (Å²) in [5, 5.41) is 26.6. The number of carbonyl (C=O) groups excluding carboxylic acids is 2. The Balaban J connectivity index is 1.64. The van der Waals surface area contributed by atoms with Crippen LogP contribution in [0, 0.1) is 13.8 Å². The summed E-state index contributed by atoms with van der Waals surface area (Å²) >= 11 is 0. The Morgan fingerprint density at radius 2 is 1.00 bits per heavy atom. The molecule has 2 N–H and O–H groups in total. The number of hydrogen-bond acceptors (Lipinski definition) is 4. The van der Waals surface area contributed by atoms with Crippen LogP contribution in [0.2, 0.25) is 0 Å². The highest BCUT2D eigenvalue weighted by Crippen LogP contribution is 2.45. The van der Waals surface area contributed by atoms with E-state index >= 15 is 0 Å². The zero-order valence-electron chi connectivity index (χ0n) is 27.3. The summed E-state index contributed by atoms with van der Waals surface area (Å²) in [7, 11) is 0. The van der Waals surface area contributed by atoms with Crippen molar-refractivity contribution in [2.45, 2.75) is 33.6 Å². The largest absolute Gasteiger partial charge is 0.478 e. The molecule has 0 aliphatic heterocycles. The number of aromatic carboxylic acids is 2. The highest BCUT2D eigenvalue weighted by Gasteiger charge is 2.24. The van der Waals surface area contributed by atoms with Crippen LogP contribution in [0.1, 0.15) is 71.5 Å². The second-order valence-electron chi connectivity index (χ2n) is 12.7. The Labute approximate surface area is 282 Å². The number of fused-ring (bicyclic) bond motifs is 4. The van der Waals surface area contributed by atoms with Gasteiger partial charge in [-0.1, -0.05) is 84.8 Å². The van der Waals surface area contributed by atoms with Crippen LogP contribution in [0.3, 0.4) is 0 Å². The zero-order chi connectivity index (χ0) is 34.6. The van der Waals surface area contributed by atoms with E-state index in [9.17, 15) is 29.4 Å². The number of ketones is 2. The Kier molecular flexibility index (Phi) is 7.80. The van der Waals surface area contributed by atoms with Gasteiger partial charge in [0.05, 0.1) is 11.1 Å². The highest BCUT2D eigenvalue weighted by atomic mass is 16.4. The minimum absolute atomic E-state index is 0.0336. The second kappa shape index (κ2) is 12.1. The zero-order valence-corrected chi connectivity index (χ0v) is 27.3. The van der Waals surface area contributed by atoms with Crippen molar-refractivity contribution in [3.63, 3.8) is 0 Å². The van der Waals surface area contributed by atoms with Crippen molar-refractivity contribution in [2.75, 3.05) is 0 Å². The van der Waals surface area contributed by atoms with Crippen molar-refractivity contribution in [3.05, 3.63) is 142 Å². The maximum atomic E-state index is 13.9. The van der Waals surface area contributed by atoms with Crippen molar-refractivity contribution < 1.29 is 29.4 Å². The molecule has 0 heterocycles. The fourth-order valence-electron chi connectivity index (χ4n) is 6.94. The van der Waals surface area contributed by atoms with E-state index in [2.05, 4.69) is 0 Å². The number of rotatable bonds is 8. The van der Waals surface area contributed by atoms with Crippen LogP contribution in [0.4, 0.5) is 0 Å². The molecule has 6 heteroatoms. The van der Waals surface area contributed by atoms with E-state index in [1.807, 2.05) is 92.7 Å². The Bertz CT molecular complexity index is 2560. The SMILES string of the molecule is CCC(=O)c1cc2c(-c3c4ccc(C)cc4cc4cc(C(=O)O)c(C(=O)Cc5ccc(C)cc5)cc34)c3ccccc3cc2cc1C(=O)O. The van der Waals surface area contributed by atoms with Gasteiger partial charge >= 0.3 is 11.9 Å². The smallest absolute Gasteiger partial charge is 0.336 e. The van der Waals surface area contributed by atoms with Crippen LogP contribution in [-0.4, -0.2) is 33.7 Å². The topological polar surface area (TPSA) is 109 Å². The van der Waals surface area contributed by atoms with Gasteiger partial charge in [0.1, 0.15) is 0 Å².